The standard InChI is InChI=1S/C17H21ClN2O/c1-13(2)9-19-10-14-6-7-16(20-11-14)12-21-17-5-3-4-15(18)8-17/h3-8,11,13,19H,9-10,12H2,1-2H3. The van der Waals surface area contributed by atoms with Crippen LogP contribution in [0.5, 0.6) is 5.75 Å². The highest BCUT2D eigenvalue weighted by molar-refractivity contribution is 6.30. The Labute approximate surface area is 131 Å². The lowest BCUT2D eigenvalue weighted by Crippen LogP contribution is -2.19. The molecule has 0 atom stereocenters. The number of rotatable bonds is 7. The van der Waals surface area contributed by atoms with E-state index in [1.807, 2.05) is 30.5 Å². The number of aromatic nitrogens is 1. The topological polar surface area (TPSA) is 34.1 Å². The lowest BCUT2D eigenvalue weighted by molar-refractivity contribution is 0.301. The van der Waals surface area contributed by atoms with E-state index in [0.717, 1.165) is 24.5 Å². The van der Waals surface area contributed by atoms with Crippen molar-refractivity contribution in [3.8, 4) is 5.75 Å². The monoisotopic (exact) mass is 304 g/mol. The zero-order valence-electron chi connectivity index (χ0n) is 12.5. The molecule has 0 unspecified atom stereocenters. The Morgan fingerprint density at radius 1 is 1.24 bits per heavy atom. The summed E-state index contributed by atoms with van der Waals surface area (Å²) in [5, 5.41) is 4.07. The fraction of sp³-hybridized carbons (Fsp3) is 0.353. The second-order valence-electron chi connectivity index (χ2n) is 5.43. The summed E-state index contributed by atoms with van der Waals surface area (Å²) in [6, 6.07) is 11.5. The van der Waals surface area contributed by atoms with Gasteiger partial charge in [-0.15, -0.1) is 0 Å². The molecular formula is C17H21ClN2O. The van der Waals surface area contributed by atoms with Gasteiger partial charge in [-0.2, -0.15) is 0 Å². The van der Waals surface area contributed by atoms with Gasteiger partial charge in [0.2, 0.25) is 0 Å². The molecule has 21 heavy (non-hydrogen) atoms. The summed E-state index contributed by atoms with van der Waals surface area (Å²) in [6.45, 7) is 6.70. The van der Waals surface area contributed by atoms with Crippen LogP contribution in [0, 0.1) is 5.92 Å². The largest absolute Gasteiger partial charge is 0.487 e. The molecule has 1 aromatic carbocycles. The van der Waals surface area contributed by atoms with Crippen LogP contribution < -0.4 is 10.1 Å². The van der Waals surface area contributed by atoms with Crippen molar-refractivity contribution >= 4 is 11.6 Å². The predicted molar refractivity (Wildman–Crippen MR) is 86.6 cm³/mol. The van der Waals surface area contributed by atoms with Crippen LogP contribution in [-0.2, 0) is 13.2 Å². The van der Waals surface area contributed by atoms with E-state index < -0.39 is 0 Å². The Morgan fingerprint density at radius 2 is 2.10 bits per heavy atom. The molecule has 4 heteroatoms. The Kier molecular flexibility index (Phi) is 6.03. The maximum Gasteiger partial charge on any atom is 0.130 e. The van der Waals surface area contributed by atoms with Gasteiger partial charge < -0.3 is 10.1 Å². The highest BCUT2D eigenvalue weighted by Gasteiger charge is 2.00. The normalized spacial score (nSPS) is 10.9. The Morgan fingerprint density at radius 3 is 2.76 bits per heavy atom. The molecule has 0 fully saturated rings. The average molecular weight is 305 g/mol. The van der Waals surface area contributed by atoms with Crippen LogP contribution in [-0.4, -0.2) is 11.5 Å². The van der Waals surface area contributed by atoms with Gasteiger partial charge in [-0.3, -0.25) is 4.98 Å². The molecule has 1 heterocycles. The summed E-state index contributed by atoms with van der Waals surface area (Å²) in [5.74, 6) is 1.41. The molecule has 112 valence electrons. The molecule has 0 amide bonds. The number of nitrogens with one attached hydrogen (secondary N) is 1. The van der Waals surface area contributed by atoms with Crippen LogP contribution in [0.1, 0.15) is 25.1 Å². The molecule has 0 aliphatic carbocycles. The summed E-state index contributed by atoms with van der Waals surface area (Å²) < 4.78 is 5.66. The first kappa shape index (κ1) is 15.8. The summed E-state index contributed by atoms with van der Waals surface area (Å²) in [5.41, 5.74) is 2.09. The number of benzene rings is 1. The van der Waals surface area contributed by atoms with Gasteiger partial charge in [-0.1, -0.05) is 37.6 Å². The van der Waals surface area contributed by atoms with Crippen molar-refractivity contribution in [3.05, 3.63) is 58.9 Å². The minimum Gasteiger partial charge on any atom is -0.487 e. The van der Waals surface area contributed by atoms with Gasteiger partial charge in [0.15, 0.2) is 0 Å². The average Bonchev–Trinajstić information content (AvgIpc) is 2.46. The first-order chi connectivity index (χ1) is 10.1. The van der Waals surface area contributed by atoms with Gasteiger partial charge in [0.1, 0.15) is 12.4 Å². The molecule has 1 aromatic heterocycles. The van der Waals surface area contributed by atoms with E-state index >= 15 is 0 Å². The van der Waals surface area contributed by atoms with Crippen molar-refractivity contribution in [2.75, 3.05) is 6.54 Å². The predicted octanol–water partition coefficient (Wildman–Crippen LogP) is 4.06. The third-order valence-electron chi connectivity index (χ3n) is 2.95. The van der Waals surface area contributed by atoms with Crippen molar-refractivity contribution < 1.29 is 4.74 Å². The van der Waals surface area contributed by atoms with E-state index in [2.05, 4.69) is 30.2 Å². The maximum atomic E-state index is 5.92. The lowest BCUT2D eigenvalue weighted by atomic mass is 10.2. The summed E-state index contributed by atoms with van der Waals surface area (Å²) >= 11 is 5.92. The lowest BCUT2D eigenvalue weighted by Gasteiger charge is -2.08. The maximum absolute atomic E-state index is 5.92. The van der Waals surface area contributed by atoms with Crippen LogP contribution in [0.15, 0.2) is 42.6 Å². The van der Waals surface area contributed by atoms with Gasteiger partial charge >= 0.3 is 0 Å². The van der Waals surface area contributed by atoms with E-state index in [-0.39, 0.29) is 0 Å². The molecule has 0 saturated carbocycles. The molecule has 1 N–H and O–H groups in total. The van der Waals surface area contributed by atoms with Crippen LogP contribution in [0.25, 0.3) is 0 Å². The fourth-order valence-electron chi connectivity index (χ4n) is 1.86. The van der Waals surface area contributed by atoms with E-state index in [9.17, 15) is 0 Å². The number of pyridine rings is 1. The van der Waals surface area contributed by atoms with Gasteiger partial charge in [0.05, 0.1) is 5.69 Å². The fourth-order valence-corrected chi connectivity index (χ4v) is 2.04. The van der Waals surface area contributed by atoms with Crippen molar-refractivity contribution in [2.24, 2.45) is 5.92 Å². The van der Waals surface area contributed by atoms with E-state index in [0.29, 0.717) is 17.5 Å². The third-order valence-corrected chi connectivity index (χ3v) is 3.19. The first-order valence-corrected chi connectivity index (χ1v) is 7.54. The number of hydrogen-bond donors (Lipinski definition) is 1. The Balaban J connectivity index is 1.82. The molecule has 0 aliphatic heterocycles. The van der Waals surface area contributed by atoms with E-state index in [1.54, 1.807) is 6.07 Å². The van der Waals surface area contributed by atoms with Crippen molar-refractivity contribution in [2.45, 2.75) is 27.0 Å². The van der Waals surface area contributed by atoms with Gasteiger partial charge in [0.25, 0.3) is 0 Å². The zero-order valence-corrected chi connectivity index (χ0v) is 13.2. The molecule has 2 aromatic rings. The zero-order chi connectivity index (χ0) is 15.1. The van der Waals surface area contributed by atoms with Crippen molar-refractivity contribution in [3.63, 3.8) is 0 Å². The number of hydrogen-bond acceptors (Lipinski definition) is 3. The molecule has 0 spiro atoms. The molecule has 0 saturated heterocycles. The minimum absolute atomic E-state index is 0.444. The van der Waals surface area contributed by atoms with Gasteiger partial charge in [0, 0.05) is 17.8 Å². The number of halogens is 1. The highest BCUT2D eigenvalue weighted by Crippen LogP contribution is 2.18. The smallest absolute Gasteiger partial charge is 0.130 e. The number of ether oxygens (including phenoxy) is 1. The van der Waals surface area contributed by atoms with Crippen LogP contribution >= 0.6 is 11.6 Å². The van der Waals surface area contributed by atoms with Crippen molar-refractivity contribution in [1.82, 2.24) is 10.3 Å². The quantitative estimate of drug-likeness (QED) is 0.837. The summed E-state index contributed by atoms with van der Waals surface area (Å²) in [7, 11) is 0. The van der Waals surface area contributed by atoms with Gasteiger partial charge in [-0.05, 0) is 42.3 Å². The highest BCUT2D eigenvalue weighted by atomic mass is 35.5. The van der Waals surface area contributed by atoms with Crippen molar-refractivity contribution in [1.29, 1.82) is 0 Å². The van der Waals surface area contributed by atoms with E-state index in [4.69, 9.17) is 16.3 Å². The second-order valence-corrected chi connectivity index (χ2v) is 5.87. The SMILES string of the molecule is CC(C)CNCc1ccc(COc2cccc(Cl)c2)nc1. The number of nitrogens with zero attached hydrogens (tertiary/aromatic N) is 1. The summed E-state index contributed by atoms with van der Waals surface area (Å²) in [4.78, 5) is 4.42. The molecule has 0 radical (unpaired) electrons. The Hall–Kier alpha value is -1.58. The van der Waals surface area contributed by atoms with Crippen LogP contribution in [0.2, 0.25) is 5.02 Å². The molecule has 2 rings (SSSR count). The first-order valence-electron chi connectivity index (χ1n) is 7.16. The second kappa shape index (κ2) is 8.01. The van der Waals surface area contributed by atoms with Gasteiger partial charge in [-0.25, -0.2) is 0 Å². The summed E-state index contributed by atoms with van der Waals surface area (Å²) in [6.07, 6.45) is 1.89. The molecule has 0 bridgehead atoms. The Bertz CT molecular complexity index is 555. The molecular weight excluding hydrogens is 284 g/mol. The molecule has 3 nitrogen and oxygen atoms in total. The van der Waals surface area contributed by atoms with E-state index in [1.165, 1.54) is 5.56 Å². The minimum atomic E-state index is 0.444. The molecule has 0 aliphatic rings. The van der Waals surface area contributed by atoms with Crippen LogP contribution in [0.4, 0.5) is 0 Å². The van der Waals surface area contributed by atoms with Crippen LogP contribution in [0.3, 0.4) is 0 Å². The third kappa shape index (κ3) is 5.74.